The second kappa shape index (κ2) is 7.93. The normalized spacial score (nSPS) is 22.2. The number of piperidine rings is 1. The molecule has 128 valence electrons. The SMILES string of the molecule is Fc1cccc(Cl)c1CNCC1(N2CCCCC2)CCOCC1. The number of ether oxygens (including phenoxy) is 1. The van der Waals surface area contributed by atoms with Gasteiger partial charge in [0, 0.05) is 42.4 Å². The summed E-state index contributed by atoms with van der Waals surface area (Å²) in [6.07, 6.45) is 5.99. The van der Waals surface area contributed by atoms with Gasteiger partial charge in [-0.2, -0.15) is 0 Å². The Morgan fingerprint density at radius 3 is 2.61 bits per heavy atom. The zero-order chi connectivity index (χ0) is 16.1. The molecule has 0 unspecified atom stereocenters. The van der Waals surface area contributed by atoms with E-state index in [1.807, 2.05) is 0 Å². The smallest absolute Gasteiger partial charge is 0.129 e. The van der Waals surface area contributed by atoms with E-state index in [4.69, 9.17) is 16.3 Å². The van der Waals surface area contributed by atoms with Crippen molar-refractivity contribution in [1.82, 2.24) is 10.2 Å². The van der Waals surface area contributed by atoms with Crippen LogP contribution in [0.15, 0.2) is 18.2 Å². The van der Waals surface area contributed by atoms with Gasteiger partial charge < -0.3 is 10.1 Å². The van der Waals surface area contributed by atoms with Gasteiger partial charge in [-0.25, -0.2) is 4.39 Å². The molecule has 0 bridgehead atoms. The Labute approximate surface area is 143 Å². The highest BCUT2D eigenvalue weighted by Crippen LogP contribution is 2.30. The molecular weight excluding hydrogens is 315 g/mol. The predicted molar refractivity (Wildman–Crippen MR) is 91.3 cm³/mol. The van der Waals surface area contributed by atoms with Crippen LogP contribution in [0.3, 0.4) is 0 Å². The number of halogens is 2. The largest absolute Gasteiger partial charge is 0.381 e. The maximum atomic E-state index is 13.9. The van der Waals surface area contributed by atoms with E-state index in [-0.39, 0.29) is 11.4 Å². The minimum atomic E-state index is -0.232. The van der Waals surface area contributed by atoms with E-state index in [9.17, 15) is 4.39 Å². The molecular formula is C18H26ClFN2O. The topological polar surface area (TPSA) is 24.5 Å². The molecule has 0 atom stereocenters. The van der Waals surface area contributed by atoms with Gasteiger partial charge in [-0.15, -0.1) is 0 Å². The van der Waals surface area contributed by atoms with Gasteiger partial charge in [-0.1, -0.05) is 24.1 Å². The van der Waals surface area contributed by atoms with Crippen molar-refractivity contribution in [2.75, 3.05) is 32.8 Å². The van der Waals surface area contributed by atoms with E-state index in [0.717, 1.165) is 32.6 Å². The van der Waals surface area contributed by atoms with Crippen LogP contribution in [0.2, 0.25) is 5.02 Å². The highest BCUT2D eigenvalue weighted by molar-refractivity contribution is 6.31. The molecule has 0 aliphatic carbocycles. The van der Waals surface area contributed by atoms with Crippen molar-refractivity contribution in [3.05, 3.63) is 34.6 Å². The monoisotopic (exact) mass is 340 g/mol. The highest BCUT2D eigenvalue weighted by Gasteiger charge is 2.38. The first-order chi connectivity index (χ1) is 11.2. The summed E-state index contributed by atoms with van der Waals surface area (Å²) in [4.78, 5) is 2.63. The van der Waals surface area contributed by atoms with Gasteiger partial charge in [0.15, 0.2) is 0 Å². The third-order valence-corrected chi connectivity index (χ3v) is 5.62. The summed E-state index contributed by atoms with van der Waals surface area (Å²) >= 11 is 6.12. The Kier molecular flexibility index (Phi) is 5.91. The predicted octanol–water partition coefficient (Wildman–Crippen LogP) is 3.60. The molecule has 23 heavy (non-hydrogen) atoms. The van der Waals surface area contributed by atoms with Crippen LogP contribution >= 0.6 is 11.6 Å². The summed E-state index contributed by atoms with van der Waals surface area (Å²) in [5, 5.41) is 3.97. The fourth-order valence-electron chi connectivity index (χ4n) is 3.85. The third kappa shape index (κ3) is 4.05. The average molecular weight is 341 g/mol. The van der Waals surface area contributed by atoms with E-state index in [1.54, 1.807) is 12.1 Å². The quantitative estimate of drug-likeness (QED) is 0.886. The molecule has 0 spiro atoms. The number of nitrogens with zero attached hydrogens (tertiary/aromatic N) is 1. The van der Waals surface area contributed by atoms with Crippen LogP contribution in [-0.2, 0) is 11.3 Å². The first-order valence-electron chi connectivity index (χ1n) is 8.68. The summed E-state index contributed by atoms with van der Waals surface area (Å²) in [7, 11) is 0. The number of benzene rings is 1. The van der Waals surface area contributed by atoms with Crippen molar-refractivity contribution in [2.24, 2.45) is 0 Å². The Morgan fingerprint density at radius 2 is 1.91 bits per heavy atom. The van der Waals surface area contributed by atoms with Crippen LogP contribution in [0.4, 0.5) is 4.39 Å². The molecule has 3 nitrogen and oxygen atoms in total. The number of likely N-dealkylation sites (tertiary alicyclic amines) is 1. The summed E-state index contributed by atoms with van der Waals surface area (Å²) in [5.41, 5.74) is 0.714. The minimum Gasteiger partial charge on any atom is -0.381 e. The Bertz CT molecular complexity index is 493. The van der Waals surface area contributed by atoms with Gasteiger partial charge >= 0.3 is 0 Å². The first kappa shape index (κ1) is 17.2. The molecule has 1 aromatic carbocycles. The number of hydrogen-bond acceptors (Lipinski definition) is 3. The van der Waals surface area contributed by atoms with Crippen LogP contribution in [0.25, 0.3) is 0 Å². The molecule has 0 radical (unpaired) electrons. The summed E-state index contributed by atoms with van der Waals surface area (Å²) < 4.78 is 19.5. The highest BCUT2D eigenvalue weighted by atomic mass is 35.5. The van der Waals surface area contributed by atoms with E-state index in [2.05, 4.69) is 10.2 Å². The molecule has 2 heterocycles. The van der Waals surface area contributed by atoms with Gasteiger partial charge in [-0.3, -0.25) is 4.90 Å². The Balaban J connectivity index is 1.64. The molecule has 3 rings (SSSR count). The fourth-order valence-corrected chi connectivity index (χ4v) is 4.08. The van der Waals surface area contributed by atoms with Gasteiger partial charge in [0.05, 0.1) is 0 Å². The molecule has 1 N–H and O–H groups in total. The molecule has 0 saturated carbocycles. The minimum absolute atomic E-state index is 0.149. The van der Waals surface area contributed by atoms with Crippen LogP contribution in [-0.4, -0.2) is 43.3 Å². The molecule has 1 aromatic rings. The lowest BCUT2D eigenvalue weighted by Crippen LogP contribution is -2.59. The van der Waals surface area contributed by atoms with Crippen LogP contribution in [0.5, 0.6) is 0 Å². The second-order valence-corrected chi connectivity index (χ2v) is 7.10. The summed E-state index contributed by atoms with van der Waals surface area (Å²) in [6.45, 7) is 5.31. The van der Waals surface area contributed by atoms with E-state index >= 15 is 0 Å². The number of hydrogen-bond donors (Lipinski definition) is 1. The van der Waals surface area contributed by atoms with Crippen LogP contribution in [0.1, 0.15) is 37.7 Å². The molecule has 2 fully saturated rings. The van der Waals surface area contributed by atoms with Crippen molar-refractivity contribution < 1.29 is 9.13 Å². The van der Waals surface area contributed by atoms with Crippen molar-refractivity contribution >= 4 is 11.6 Å². The van der Waals surface area contributed by atoms with Crippen molar-refractivity contribution in [1.29, 1.82) is 0 Å². The standard InChI is InChI=1S/C18H26ClFN2O/c19-16-5-4-6-17(20)15(16)13-21-14-18(7-11-23-12-8-18)22-9-2-1-3-10-22/h4-6,21H,1-3,7-14H2. The van der Waals surface area contributed by atoms with Crippen molar-refractivity contribution in [3.8, 4) is 0 Å². The van der Waals surface area contributed by atoms with Gasteiger partial charge in [0.25, 0.3) is 0 Å². The molecule has 2 aliphatic heterocycles. The maximum absolute atomic E-state index is 13.9. The Hall–Kier alpha value is -0.680. The van der Waals surface area contributed by atoms with Crippen LogP contribution in [0, 0.1) is 5.82 Å². The fraction of sp³-hybridized carbons (Fsp3) is 0.667. The van der Waals surface area contributed by atoms with Gasteiger partial charge in [-0.05, 0) is 50.9 Å². The number of rotatable bonds is 5. The number of nitrogens with one attached hydrogen (secondary N) is 1. The van der Waals surface area contributed by atoms with Crippen molar-refractivity contribution in [2.45, 2.75) is 44.2 Å². The lowest BCUT2D eigenvalue weighted by atomic mass is 9.86. The van der Waals surface area contributed by atoms with Crippen LogP contribution < -0.4 is 5.32 Å². The molecule has 0 aromatic heterocycles. The van der Waals surface area contributed by atoms with E-state index in [1.165, 1.54) is 38.4 Å². The van der Waals surface area contributed by atoms with E-state index < -0.39 is 0 Å². The Morgan fingerprint density at radius 1 is 1.17 bits per heavy atom. The zero-order valence-electron chi connectivity index (χ0n) is 13.6. The van der Waals surface area contributed by atoms with Crippen molar-refractivity contribution in [3.63, 3.8) is 0 Å². The average Bonchev–Trinajstić information content (AvgIpc) is 2.59. The third-order valence-electron chi connectivity index (χ3n) is 5.27. The van der Waals surface area contributed by atoms with E-state index in [0.29, 0.717) is 17.1 Å². The van der Waals surface area contributed by atoms with Gasteiger partial charge in [0.1, 0.15) is 5.82 Å². The second-order valence-electron chi connectivity index (χ2n) is 6.69. The molecule has 2 saturated heterocycles. The maximum Gasteiger partial charge on any atom is 0.129 e. The summed E-state index contributed by atoms with van der Waals surface area (Å²) in [6, 6.07) is 4.86. The van der Waals surface area contributed by atoms with Gasteiger partial charge in [0.2, 0.25) is 0 Å². The lowest BCUT2D eigenvalue weighted by molar-refractivity contribution is -0.0358. The first-order valence-corrected chi connectivity index (χ1v) is 9.05. The lowest BCUT2D eigenvalue weighted by Gasteiger charge is -2.48. The molecule has 5 heteroatoms. The summed E-state index contributed by atoms with van der Waals surface area (Å²) in [5.74, 6) is -0.232. The molecule has 0 amide bonds. The molecule has 2 aliphatic rings. The zero-order valence-corrected chi connectivity index (χ0v) is 14.4.